The molecule has 6 heteroatoms. The first-order valence-corrected chi connectivity index (χ1v) is 12.0. The van der Waals surface area contributed by atoms with Gasteiger partial charge >= 0.3 is 0 Å². The van der Waals surface area contributed by atoms with Crippen LogP contribution < -0.4 is 0 Å². The fourth-order valence-corrected chi connectivity index (χ4v) is 5.83. The monoisotopic (exact) mass is 461 g/mol. The first-order chi connectivity index (χ1) is 16.1. The normalized spacial score (nSPS) is 21.3. The summed E-state index contributed by atoms with van der Waals surface area (Å²) in [5.74, 6) is 0.261. The van der Waals surface area contributed by atoms with Crippen molar-refractivity contribution in [1.82, 2.24) is 9.80 Å². The smallest absolute Gasteiger partial charge is 0.269 e. The van der Waals surface area contributed by atoms with E-state index >= 15 is 0 Å². The lowest BCUT2D eigenvalue weighted by molar-refractivity contribution is -0.384. The lowest BCUT2D eigenvalue weighted by Crippen LogP contribution is -2.57. The molecule has 0 aromatic heterocycles. The summed E-state index contributed by atoms with van der Waals surface area (Å²) in [5, 5.41) is 11.9. The summed E-state index contributed by atoms with van der Waals surface area (Å²) in [6, 6.07) is 27.1. The van der Waals surface area contributed by atoms with E-state index in [2.05, 4.69) is 70.5 Å². The highest BCUT2D eigenvalue weighted by atomic mass is 35.5. The molecule has 5 rings (SSSR count). The summed E-state index contributed by atoms with van der Waals surface area (Å²) >= 11 is 6.46. The summed E-state index contributed by atoms with van der Waals surface area (Å²) in [6.45, 7) is 3.60. The molecule has 1 unspecified atom stereocenters. The van der Waals surface area contributed by atoms with Gasteiger partial charge in [0, 0.05) is 54.8 Å². The molecule has 5 nitrogen and oxygen atoms in total. The molecule has 2 aliphatic rings. The van der Waals surface area contributed by atoms with Crippen LogP contribution in [0.4, 0.5) is 5.69 Å². The maximum atomic E-state index is 11.3. The molecule has 2 fully saturated rings. The number of nitrogens with zero attached hydrogens (tertiary/aromatic N) is 3. The van der Waals surface area contributed by atoms with Crippen LogP contribution in [0.5, 0.6) is 0 Å². The second-order valence-corrected chi connectivity index (χ2v) is 9.53. The van der Waals surface area contributed by atoms with Crippen molar-refractivity contribution in [1.29, 1.82) is 0 Å². The van der Waals surface area contributed by atoms with E-state index in [9.17, 15) is 10.1 Å². The van der Waals surface area contributed by atoms with Gasteiger partial charge in [0.05, 0.1) is 4.92 Å². The third kappa shape index (κ3) is 4.67. The Morgan fingerprint density at radius 3 is 2.27 bits per heavy atom. The number of fused-ring (bicyclic) bond motifs is 1. The molecule has 0 N–H and O–H groups in total. The molecule has 2 atom stereocenters. The summed E-state index contributed by atoms with van der Waals surface area (Å²) in [5.41, 5.74) is 3.58. The van der Waals surface area contributed by atoms with Gasteiger partial charge in [-0.3, -0.25) is 19.9 Å². The number of piperazine rings is 1. The van der Waals surface area contributed by atoms with E-state index in [-0.39, 0.29) is 16.5 Å². The minimum absolute atomic E-state index is 0.0944. The summed E-state index contributed by atoms with van der Waals surface area (Å²) in [7, 11) is 0. The molecular formula is C27H28ClN3O2. The molecule has 2 aliphatic heterocycles. The van der Waals surface area contributed by atoms with Gasteiger partial charge < -0.3 is 0 Å². The first kappa shape index (κ1) is 22.1. The van der Waals surface area contributed by atoms with Crippen molar-refractivity contribution < 1.29 is 4.92 Å². The van der Waals surface area contributed by atoms with E-state index in [0.717, 1.165) is 25.2 Å². The summed E-state index contributed by atoms with van der Waals surface area (Å²) in [4.78, 5) is 16.1. The van der Waals surface area contributed by atoms with E-state index in [1.807, 2.05) is 0 Å². The largest absolute Gasteiger partial charge is 0.296 e. The number of rotatable bonds is 6. The molecule has 0 amide bonds. The van der Waals surface area contributed by atoms with Gasteiger partial charge in [-0.25, -0.2) is 0 Å². The van der Waals surface area contributed by atoms with Crippen LogP contribution in [0, 0.1) is 10.1 Å². The Kier molecular flexibility index (Phi) is 6.45. The first-order valence-electron chi connectivity index (χ1n) is 11.6. The van der Waals surface area contributed by atoms with E-state index in [0.29, 0.717) is 23.7 Å². The van der Waals surface area contributed by atoms with Crippen LogP contribution in [-0.2, 0) is 6.54 Å². The fraction of sp³-hybridized carbons (Fsp3) is 0.333. The molecule has 170 valence electrons. The minimum atomic E-state index is -0.349. The number of halogens is 1. The maximum Gasteiger partial charge on any atom is 0.269 e. The van der Waals surface area contributed by atoms with Gasteiger partial charge in [-0.15, -0.1) is 0 Å². The van der Waals surface area contributed by atoms with Crippen LogP contribution in [0.1, 0.15) is 35.4 Å². The van der Waals surface area contributed by atoms with E-state index in [1.54, 1.807) is 12.1 Å². The second kappa shape index (κ2) is 9.64. The van der Waals surface area contributed by atoms with Crippen molar-refractivity contribution in [3.8, 4) is 0 Å². The third-order valence-corrected chi connectivity index (χ3v) is 7.47. The number of non-ortho nitro benzene ring substituents is 1. The second-order valence-electron chi connectivity index (χ2n) is 9.13. The van der Waals surface area contributed by atoms with E-state index in [1.165, 1.54) is 30.0 Å². The molecule has 0 aliphatic carbocycles. The number of hydrogen-bond acceptors (Lipinski definition) is 4. The highest BCUT2D eigenvalue weighted by Gasteiger charge is 2.41. The zero-order valence-electron chi connectivity index (χ0n) is 18.5. The van der Waals surface area contributed by atoms with E-state index < -0.39 is 0 Å². The van der Waals surface area contributed by atoms with Gasteiger partial charge in [0.1, 0.15) is 0 Å². The molecule has 0 bridgehead atoms. The zero-order chi connectivity index (χ0) is 22.8. The predicted octanol–water partition coefficient (Wildman–Crippen LogP) is 5.73. The molecule has 2 saturated heterocycles. The predicted molar refractivity (Wildman–Crippen MR) is 132 cm³/mol. The van der Waals surface area contributed by atoms with Crippen molar-refractivity contribution in [2.24, 2.45) is 0 Å². The van der Waals surface area contributed by atoms with Crippen LogP contribution in [0.2, 0.25) is 5.02 Å². The van der Waals surface area contributed by atoms with Gasteiger partial charge in [-0.1, -0.05) is 72.3 Å². The van der Waals surface area contributed by atoms with Crippen LogP contribution in [0.15, 0.2) is 78.9 Å². The van der Waals surface area contributed by atoms with Gasteiger partial charge in [0.2, 0.25) is 0 Å². The Hall–Kier alpha value is -2.73. The Labute approximate surface area is 199 Å². The van der Waals surface area contributed by atoms with Crippen LogP contribution in [0.25, 0.3) is 0 Å². The Morgan fingerprint density at radius 2 is 1.64 bits per heavy atom. The standard InChI is InChI=1S/C27H28ClN3O2/c28-25-14-13-23(31(32)33)16-22(25)17-29-18-24-12-7-15-30(24)26(19-29)27(20-8-3-1-4-9-20)21-10-5-2-6-11-21/h1-6,8-11,13-14,16,24,26-27H,7,12,15,17-19H2/t24-,26?/m0/s1. The highest BCUT2D eigenvalue weighted by molar-refractivity contribution is 6.31. The topological polar surface area (TPSA) is 49.6 Å². The molecule has 3 aromatic rings. The number of nitro groups is 1. The molecular weight excluding hydrogens is 434 g/mol. The molecule has 0 radical (unpaired) electrons. The molecule has 33 heavy (non-hydrogen) atoms. The third-order valence-electron chi connectivity index (χ3n) is 7.10. The van der Waals surface area contributed by atoms with Crippen molar-refractivity contribution in [3.05, 3.63) is 111 Å². The average molecular weight is 462 g/mol. The summed E-state index contributed by atoms with van der Waals surface area (Å²) in [6.07, 6.45) is 2.40. The summed E-state index contributed by atoms with van der Waals surface area (Å²) < 4.78 is 0. The molecule has 0 saturated carbocycles. The zero-order valence-corrected chi connectivity index (χ0v) is 19.3. The molecule has 2 heterocycles. The Balaban J connectivity index is 1.48. The van der Waals surface area contributed by atoms with E-state index in [4.69, 9.17) is 11.6 Å². The van der Waals surface area contributed by atoms with Crippen LogP contribution >= 0.6 is 11.6 Å². The van der Waals surface area contributed by atoms with Crippen LogP contribution in [-0.4, -0.2) is 46.4 Å². The van der Waals surface area contributed by atoms with Crippen molar-refractivity contribution >= 4 is 17.3 Å². The molecule has 3 aromatic carbocycles. The Morgan fingerprint density at radius 1 is 0.970 bits per heavy atom. The van der Waals surface area contributed by atoms with Gasteiger partial charge in [0.15, 0.2) is 0 Å². The lowest BCUT2D eigenvalue weighted by atomic mass is 9.82. The minimum Gasteiger partial charge on any atom is -0.296 e. The lowest BCUT2D eigenvalue weighted by Gasteiger charge is -2.47. The van der Waals surface area contributed by atoms with Crippen molar-refractivity contribution in [3.63, 3.8) is 0 Å². The van der Waals surface area contributed by atoms with Gasteiger partial charge in [-0.2, -0.15) is 0 Å². The van der Waals surface area contributed by atoms with Crippen LogP contribution in [0.3, 0.4) is 0 Å². The number of nitro benzene ring substituents is 1. The quantitative estimate of drug-likeness (QED) is 0.347. The van der Waals surface area contributed by atoms with Gasteiger partial charge in [-0.05, 0) is 42.1 Å². The highest BCUT2D eigenvalue weighted by Crippen LogP contribution is 2.38. The van der Waals surface area contributed by atoms with Crippen molar-refractivity contribution in [2.75, 3.05) is 19.6 Å². The number of benzene rings is 3. The Bertz CT molecular complexity index is 1070. The van der Waals surface area contributed by atoms with Gasteiger partial charge in [0.25, 0.3) is 5.69 Å². The van der Waals surface area contributed by atoms with Crippen molar-refractivity contribution in [2.45, 2.75) is 37.4 Å². The number of hydrogen-bond donors (Lipinski definition) is 0. The molecule has 0 spiro atoms. The maximum absolute atomic E-state index is 11.3. The fourth-order valence-electron chi connectivity index (χ4n) is 5.65. The SMILES string of the molecule is O=[N+]([O-])c1ccc(Cl)c(CN2CC(C(c3ccccc3)c3ccccc3)N3CCC[C@H]3C2)c1. The average Bonchev–Trinajstić information content (AvgIpc) is 3.31.